The first kappa shape index (κ1) is 14.1. The highest BCUT2D eigenvalue weighted by molar-refractivity contribution is 7.10. The van der Waals surface area contributed by atoms with Crippen molar-refractivity contribution in [3.63, 3.8) is 0 Å². The Morgan fingerprint density at radius 1 is 1.39 bits per heavy atom. The van der Waals surface area contributed by atoms with Crippen molar-refractivity contribution in [2.24, 2.45) is 11.8 Å². The van der Waals surface area contributed by atoms with E-state index in [0.29, 0.717) is 12.1 Å². The third kappa shape index (κ3) is 3.58. The van der Waals surface area contributed by atoms with E-state index in [1.54, 1.807) is 0 Å². The van der Waals surface area contributed by atoms with E-state index in [2.05, 4.69) is 43.6 Å². The maximum Gasteiger partial charge on any atom is 0.0416 e. The van der Waals surface area contributed by atoms with Gasteiger partial charge in [-0.25, -0.2) is 0 Å². The minimum atomic E-state index is 0.577. The molecule has 1 nitrogen and oxygen atoms in total. The van der Waals surface area contributed by atoms with Gasteiger partial charge in [-0.2, -0.15) is 0 Å². The smallest absolute Gasteiger partial charge is 0.0416 e. The van der Waals surface area contributed by atoms with Gasteiger partial charge < -0.3 is 5.32 Å². The molecule has 4 atom stereocenters. The molecule has 1 aromatic heterocycles. The van der Waals surface area contributed by atoms with Crippen LogP contribution >= 0.6 is 11.3 Å². The molecule has 18 heavy (non-hydrogen) atoms. The molecular formula is C16H27NS. The molecule has 4 unspecified atom stereocenters. The van der Waals surface area contributed by atoms with E-state index in [1.165, 1.54) is 37.0 Å². The fraction of sp³-hybridized carbons (Fsp3) is 0.750. The average Bonchev–Trinajstić information content (AvgIpc) is 2.87. The van der Waals surface area contributed by atoms with Gasteiger partial charge in [-0.3, -0.25) is 0 Å². The van der Waals surface area contributed by atoms with E-state index in [-0.39, 0.29) is 0 Å². The van der Waals surface area contributed by atoms with Crippen LogP contribution in [0.3, 0.4) is 0 Å². The number of hydrogen-bond acceptors (Lipinski definition) is 2. The van der Waals surface area contributed by atoms with Gasteiger partial charge in [0, 0.05) is 17.0 Å². The molecule has 1 aliphatic carbocycles. The monoisotopic (exact) mass is 265 g/mol. The predicted octanol–water partition coefficient (Wildman–Crippen LogP) is 5.00. The van der Waals surface area contributed by atoms with Gasteiger partial charge in [0.1, 0.15) is 0 Å². The Morgan fingerprint density at radius 3 is 2.89 bits per heavy atom. The van der Waals surface area contributed by atoms with Crippen LogP contribution in [-0.2, 0) is 0 Å². The van der Waals surface area contributed by atoms with E-state index in [1.807, 2.05) is 11.3 Å². The highest BCUT2D eigenvalue weighted by atomic mass is 32.1. The average molecular weight is 265 g/mol. The molecule has 0 spiro atoms. The van der Waals surface area contributed by atoms with Crippen molar-refractivity contribution in [2.75, 3.05) is 0 Å². The molecule has 0 amide bonds. The molecule has 0 saturated heterocycles. The van der Waals surface area contributed by atoms with Crippen LogP contribution in [0.5, 0.6) is 0 Å². The lowest BCUT2D eigenvalue weighted by molar-refractivity contribution is 0.210. The molecule has 0 radical (unpaired) electrons. The lowest BCUT2D eigenvalue weighted by Crippen LogP contribution is -2.41. The quantitative estimate of drug-likeness (QED) is 0.789. The van der Waals surface area contributed by atoms with Gasteiger partial charge >= 0.3 is 0 Å². The topological polar surface area (TPSA) is 12.0 Å². The zero-order chi connectivity index (χ0) is 13.0. The second-order valence-electron chi connectivity index (χ2n) is 6.03. The zero-order valence-corrected chi connectivity index (χ0v) is 12.8. The summed E-state index contributed by atoms with van der Waals surface area (Å²) < 4.78 is 0. The van der Waals surface area contributed by atoms with Crippen molar-refractivity contribution >= 4 is 11.3 Å². The predicted molar refractivity (Wildman–Crippen MR) is 81.1 cm³/mol. The molecule has 102 valence electrons. The molecule has 0 aliphatic heterocycles. The Hall–Kier alpha value is -0.340. The van der Waals surface area contributed by atoms with E-state index in [4.69, 9.17) is 0 Å². The number of thiophene rings is 1. The zero-order valence-electron chi connectivity index (χ0n) is 12.0. The highest BCUT2D eigenvalue weighted by Gasteiger charge is 2.27. The molecule has 2 rings (SSSR count). The Labute approximate surface area is 116 Å². The van der Waals surface area contributed by atoms with Gasteiger partial charge in [-0.05, 0) is 42.5 Å². The van der Waals surface area contributed by atoms with Crippen LogP contribution < -0.4 is 5.32 Å². The third-order valence-electron chi connectivity index (χ3n) is 4.34. The molecule has 0 bridgehead atoms. The first-order valence-corrected chi connectivity index (χ1v) is 8.38. The van der Waals surface area contributed by atoms with Crippen molar-refractivity contribution in [2.45, 2.75) is 65.0 Å². The van der Waals surface area contributed by atoms with Crippen molar-refractivity contribution < 1.29 is 0 Å². The highest BCUT2D eigenvalue weighted by Crippen LogP contribution is 2.32. The molecular weight excluding hydrogens is 238 g/mol. The Balaban J connectivity index is 1.99. The Kier molecular flexibility index (Phi) is 5.25. The molecule has 1 N–H and O–H groups in total. The van der Waals surface area contributed by atoms with E-state index < -0.39 is 0 Å². The van der Waals surface area contributed by atoms with E-state index in [0.717, 1.165) is 11.8 Å². The summed E-state index contributed by atoms with van der Waals surface area (Å²) >= 11 is 1.90. The number of nitrogens with one attached hydrogen (secondary N) is 1. The first-order chi connectivity index (χ1) is 8.70. The van der Waals surface area contributed by atoms with Gasteiger partial charge in [0.2, 0.25) is 0 Å². The van der Waals surface area contributed by atoms with Crippen LogP contribution in [-0.4, -0.2) is 6.04 Å². The maximum atomic E-state index is 3.95. The van der Waals surface area contributed by atoms with Gasteiger partial charge in [-0.1, -0.05) is 39.7 Å². The Morgan fingerprint density at radius 2 is 2.22 bits per heavy atom. The van der Waals surface area contributed by atoms with Gasteiger partial charge in [0.15, 0.2) is 0 Å². The van der Waals surface area contributed by atoms with Crippen LogP contribution in [0.1, 0.15) is 63.8 Å². The molecule has 1 saturated carbocycles. The lowest BCUT2D eigenvalue weighted by Gasteiger charge is -2.36. The summed E-state index contributed by atoms with van der Waals surface area (Å²) in [6.07, 6.45) is 6.68. The van der Waals surface area contributed by atoms with Crippen LogP contribution in [0.25, 0.3) is 0 Å². The van der Waals surface area contributed by atoms with E-state index in [9.17, 15) is 0 Å². The SMILES string of the molecule is CCCC(NC1CC(C)CCC1C)c1cccs1. The summed E-state index contributed by atoms with van der Waals surface area (Å²) in [4.78, 5) is 1.52. The lowest BCUT2D eigenvalue weighted by atomic mass is 9.79. The standard InChI is InChI=1S/C16H27NS/c1-4-6-14(16-7-5-10-18-16)17-15-11-12(2)8-9-13(15)3/h5,7,10,12-15,17H,4,6,8-9,11H2,1-3H3. The molecule has 1 aromatic rings. The molecule has 2 heteroatoms. The summed E-state index contributed by atoms with van der Waals surface area (Å²) in [6, 6.07) is 5.76. The Bertz CT molecular complexity index is 333. The summed E-state index contributed by atoms with van der Waals surface area (Å²) in [5.74, 6) is 1.73. The van der Waals surface area contributed by atoms with Crippen molar-refractivity contribution in [1.82, 2.24) is 5.32 Å². The largest absolute Gasteiger partial charge is 0.306 e. The fourth-order valence-electron chi connectivity index (χ4n) is 3.11. The van der Waals surface area contributed by atoms with Gasteiger partial charge in [0.25, 0.3) is 0 Å². The van der Waals surface area contributed by atoms with Crippen LogP contribution in [0.4, 0.5) is 0 Å². The molecule has 1 fully saturated rings. The number of hydrogen-bond donors (Lipinski definition) is 1. The molecule has 0 aromatic carbocycles. The minimum absolute atomic E-state index is 0.577. The van der Waals surface area contributed by atoms with Gasteiger partial charge in [-0.15, -0.1) is 11.3 Å². The molecule has 1 aliphatic rings. The van der Waals surface area contributed by atoms with E-state index >= 15 is 0 Å². The first-order valence-electron chi connectivity index (χ1n) is 7.50. The molecule has 1 heterocycles. The third-order valence-corrected chi connectivity index (χ3v) is 5.32. The van der Waals surface area contributed by atoms with Crippen LogP contribution in [0.2, 0.25) is 0 Å². The van der Waals surface area contributed by atoms with Gasteiger partial charge in [0.05, 0.1) is 0 Å². The summed E-state index contributed by atoms with van der Waals surface area (Å²) in [5.41, 5.74) is 0. The summed E-state index contributed by atoms with van der Waals surface area (Å²) in [6.45, 7) is 7.11. The van der Waals surface area contributed by atoms with Crippen LogP contribution in [0, 0.1) is 11.8 Å². The summed E-state index contributed by atoms with van der Waals surface area (Å²) in [7, 11) is 0. The normalized spacial score (nSPS) is 30.3. The second-order valence-corrected chi connectivity index (χ2v) is 7.00. The van der Waals surface area contributed by atoms with Crippen molar-refractivity contribution in [3.8, 4) is 0 Å². The maximum absolute atomic E-state index is 3.95. The van der Waals surface area contributed by atoms with Crippen LogP contribution in [0.15, 0.2) is 17.5 Å². The second kappa shape index (κ2) is 6.72. The minimum Gasteiger partial charge on any atom is -0.306 e. The fourth-order valence-corrected chi connectivity index (χ4v) is 3.93. The summed E-state index contributed by atoms with van der Waals surface area (Å²) in [5, 5.41) is 6.15. The van der Waals surface area contributed by atoms with Crippen molar-refractivity contribution in [3.05, 3.63) is 22.4 Å². The van der Waals surface area contributed by atoms with Crippen molar-refractivity contribution in [1.29, 1.82) is 0 Å². The number of rotatable bonds is 5.